The monoisotopic (exact) mass is 232 g/mol. The second kappa shape index (κ2) is 4.93. The van der Waals surface area contributed by atoms with E-state index < -0.39 is 0 Å². The van der Waals surface area contributed by atoms with E-state index in [1.807, 2.05) is 0 Å². The highest BCUT2D eigenvalue weighted by Crippen LogP contribution is 2.17. The van der Waals surface area contributed by atoms with Gasteiger partial charge >= 0.3 is 0 Å². The molecule has 0 radical (unpaired) electrons. The highest BCUT2D eigenvalue weighted by molar-refractivity contribution is 5.33. The van der Waals surface area contributed by atoms with Crippen LogP contribution in [-0.4, -0.2) is 10.1 Å². The van der Waals surface area contributed by atoms with Gasteiger partial charge in [-0.3, -0.25) is 4.98 Å². The minimum atomic E-state index is -0.255. The summed E-state index contributed by atoms with van der Waals surface area (Å²) in [5.74, 6) is -0.148. The average molecular weight is 232 g/mol. The zero-order valence-corrected chi connectivity index (χ0v) is 9.23. The van der Waals surface area contributed by atoms with Gasteiger partial charge in [0.2, 0.25) is 0 Å². The Morgan fingerprint density at radius 2 is 1.94 bits per heavy atom. The van der Waals surface area contributed by atoms with E-state index in [4.69, 9.17) is 5.73 Å². The average Bonchev–Trinajstić information content (AvgIpc) is 2.34. The number of hydrogen-bond acceptors (Lipinski definition) is 3. The van der Waals surface area contributed by atoms with Crippen molar-refractivity contribution in [3.63, 3.8) is 0 Å². The Balaban J connectivity index is 2.21. The fraction of sp³-hybridized carbons (Fsp3) is 0.154. The summed E-state index contributed by atoms with van der Waals surface area (Å²) in [6, 6.07) is 8.02. The van der Waals surface area contributed by atoms with Crippen LogP contribution in [0.2, 0.25) is 0 Å². The Labute approximate surface area is 98.7 Å². The van der Waals surface area contributed by atoms with E-state index >= 15 is 0 Å². The molecule has 4 heteroatoms. The summed E-state index contributed by atoms with van der Waals surface area (Å²) in [7, 11) is 0. The molecule has 0 saturated heterocycles. The van der Waals surface area contributed by atoms with Crippen molar-refractivity contribution in [2.75, 3.05) is 0 Å². The quantitative estimate of drug-likeness (QED) is 0.850. The summed E-state index contributed by atoms with van der Waals surface area (Å²) >= 11 is 0. The van der Waals surface area contributed by atoms with Gasteiger partial charge in [-0.05, 0) is 23.8 Å². The second-order valence-electron chi connectivity index (χ2n) is 3.81. The van der Waals surface area contributed by atoms with Crippen molar-refractivity contribution in [2.45, 2.75) is 13.0 Å². The van der Waals surface area contributed by atoms with Gasteiger partial charge in [0.15, 0.2) is 0 Å². The summed E-state index contributed by atoms with van der Waals surface area (Å²) in [6.07, 6.45) is 1.98. The Kier molecular flexibility index (Phi) is 3.35. The fourth-order valence-electron chi connectivity index (χ4n) is 1.61. The van der Waals surface area contributed by atoms with Crippen LogP contribution in [0.3, 0.4) is 0 Å². The minimum absolute atomic E-state index is 0.107. The number of nitrogens with zero attached hydrogens (tertiary/aromatic N) is 1. The molecule has 1 aromatic carbocycles. The normalized spacial score (nSPS) is 10.5. The van der Waals surface area contributed by atoms with Crippen LogP contribution < -0.4 is 5.73 Å². The van der Waals surface area contributed by atoms with Crippen LogP contribution in [0.5, 0.6) is 5.75 Å². The third kappa shape index (κ3) is 2.79. The first-order chi connectivity index (χ1) is 8.19. The molecule has 1 aromatic heterocycles. The number of hydrogen-bond donors (Lipinski definition) is 2. The van der Waals surface area contributed by atoms with Gasteiger partial charge in [-0.15, -0.1) is 0 Å². The summed E-state index contributed by atoms with van der Waals surface area (Å²) < 4.78 is 12.7. The smallest absolute Gasteiger partial charge is 0.138 e. The van der Waals surface area contributed by atoms with Crippen LogP contribution in [-0.2, 0) is 13.0 Å². The zero-order chi connectivity index (χ0) is 12.3. The van der Waals surface area contributed by atoms with Crippen molar-refractivity contribution in [1.29, 1.82) is 0 Å². The van der Waals surface area contributed by atoms with E-state index in [1.165, 1.54) is 18.3 Å². The number of aromatic hydroxyl groups is 1. The molecule has 0 spiro atoms. The standard InChI is InChI=1S/C13H13FN2O/c14-11-3-1-9(2-4-11)5-12-6-10(7-15)13(17)8-16-12/h1-4,6,8,17H,5,7,15H2. The van der Waals surface area contributed by atoms with Crippen molar-refractivity contribution >= 4 is 0 Å². The molecule has 0 atom stereocenters. The third-order valence-corrected chi connectivity index (χ3v) is 2.54. The van der Waals surface area contributed by atoms with E-state index in [0.29, 0.717) is 12.0 Å². The van der Waals surface area contributed by atoms with Crippen molar-refractivity contribution in [3.8, 4) is 5.75 Å². The molecule has 2 rings (SSSR count). The van der Waals surface area contributed by atoms with E-state index in [1.54, 1.807) is 18.2 Å². The Morgan fingerprint density at radius 3 is 2.59 bits per heavy atom. The molecule has 0 aliphatic rings. The lowest BCUT2D eigenvalue weighted by molar-refractivity contribution is 0.465. The molecule has 1 heterocycles. The van der Waals surface area contributed by atoms with Gasteiger partial charge in [-0.25, -0.2) is 4.39 Å². The first kappa shape index (κ1) is 11.5. The maximum atomic E-state index is 12.7. The third-order valence-electron chi connectivity index (χ3n) is 2.54. The Morgan fingerprint density at radius 1 is 1.24 bits per heavy atom. The number of halogens is 1. The molecule has 17 heavy (non-hydrogen) atoms. The highest BCUT2D eigenvalue weighted by Gasteiger charge is 2.03. The number of pyridine rings is 1. The second-order valence-corrected chi connectivity index (χ2v) is 3.81. The molecule has 0 aliphatic carbocycles. The first-order valence-electron chi connectivity index (χ1n) is 5.30. The Bertz CT molecular complexity index is 511. The molecule has 0 aliphatic heterocycles. The van der Waals surface area contributed by atoms with E-state index in [2.05, 4.69) is 4.98 Å². The molecular formula is C13H13FN2O. The molecule has 0 fully saturated rings. The molecular weight excluding hydrogens is 219 g/mol. The fourth-order valence-corrected chi connectivity index (χ4v) is 1.61. The van der Waals surface area contributed by atoms with Gasteiger partial charge in [-0.1, -0.05) is 12.1 Å². The Hall–Kier alpha value is -1.94. The molecule has 0 amide bonds. The largest absolute Gasteiger partial charge is 0.506 e. The van der Waals surface area contributed by atoms with Gasteiger partial charge in [0.05, 0.1) is 6.20 Å². The number of benzene rings is 1. The maximum Gasteiger partial charge on any atom is 0.138 e. The lowest BCUT2D eigenvalue weighted by Gasteiger charge is -2.05. The predicted octanol–water partition coefficient (Wildman–Crippen LogP) is 1.98. The molecule has 2 aromatic rings. The highest BCUT2D eigenvalue weighted by atomic mass is 19.1. The molecule has 3 N–H and O–H groups in total. The summed E-state index contributed by atoms with van der Waals surface area (Å²) in [5.41, 5.74) is 7.93. The van der Waals surface area contributed by atoms with Gasteiger partial charge in [0.25, 0.3) is 0 Å². The molecule has 0 bridgehead atoms. The summed E-state index contributed by atoms with van der Waals surface area (Å²) in [5, 5.41) is 9.45. The van der Waals surface area contributed by atoms with Crippen LogP contribution in [0.25, 0.3) is 0 Å². The molecule has 0 unspecified atom stereocenters. The topological polar surface area (TPSA) is 59.1 Å². The van der Waals surface area contributed by atoms with Gasteiger partial charge < -0.3 is 10.8 Å². The maximum absolute atomic E-state index is 12.7. The predicted molar refractivity (Wildman–Crippen MR) is 63.0 cm³/mol. The zero-order valence-electron chi connectivity index (χ0n) is 9.23. The molecule has 3 nitrogen and oxygen atoms in total. The summed E-state index contributed by atoms with van der Waals surface area (Å²) in [6.45, 7) is 0.269. The number of aromatic nitrogens is 1. The van der Waals surface area contributed by atoms with Crippen LogP contribution in [0.15, 0.2) is 36.5 Å². The van der Waals surface area contributed by atoms with Crippen molar-refractivity contribution in [3.05, 3.63) is 59.2 Å². The van der Waals surface area contributed by atoms with Crippen molar-refractivity contribution < 1.29 is 9.50 Å². The van der Waals surface area contributed by atoms with Crippen molar-refractivity contribution in [2.24, 2.45) is 5.73 Å². The van der Waals surface area contributed by atoms with E-state index in [-0.39, 0.29) is 18.1 Å². The number of nitrogens with two attached hydrogens (primary N) is 1. The molecule has 88 valence electrons. The minimum Gasteiger partial charge on any atom is -0.506 e. The van der Waals surface area contributed by atoms with Crippen LogP contribution >= 0.6 is 0 Å². The van der Waals surface area contributed by atoms with E-state index in [9.17, 15) is 9.50 Å². The number of rotatable bonds is 3. The van der Waals surface area contributed by atoms with Gasteiger partial charge in [-0.2, -0.15) is 0 Å². The summed E-state index contributed by atoms with van der Waals surface area (Å²) in [4.78, 5) is 4.11. The van der Waals surface area contributed by atoms with Gasteiger partial charge in [0, 0.05) is 24.2 Å². The van der Waals surface area contributed by atoms with Crippen LogP contribution in [0.4, 0.5) is 4.39 Å². The SMILES string of the molecule is NCc1cc(Cc2ccc(F)cc2)ncc1O. The lowest BCUT2D eigenvalue weighted by atomic mass is 10.1. The first-order valence-corrected chi connectivity index (χ1v) is 5.30. The van der Waals surface area contributed by atoms with Crippen molar-refractivity contribution in [1.82, 2.24) is 4.98 Å². The van der Waals surface area contributed by atoms with E-state index in [0.717, 1.165) is 11.3 Å². The molecule has 0 saturated carbocycles. The van der Waals surface area contributed by atoms with Crippen LogP contribution in [0.1, 0.15) is 16.8 Å². The van der Waals surface area contributed by atoms with Crippen LogP contribution in [0, 0.1) is 5.82 Å². The van der Waals surface area contributed by atoms with Gasteiger partial charge in [0.1, 0.15) is 11.6 Å². The lowest BCUT2D eigenvalue weighted by Crippen LogP contribution is -2.00.